The molecular formula is C10H10F2N2. The first-order chi connectivity index (χ1) is 6.77. The molecule has 0 aromatic carbocycles. The SMILES string of the molecule is Fc1nccc2c1[C@H](F)C1CCC2N1. The van der Waals surface area contributed by atoms with Gasteiger partial charge in [0.1, 0.15) is 6.17 Å². The fourth-order valence-electron chi connectivity index (χ4n) is 2.49. The van der Waals surface area contributed by atoms with Crippen LogP contribution in [0.15, 0.2) is 12.3 Å². The molecule has 3 rings (SSSR count). The van der Waals surface area contributed by atoms with Crippen LogP contribution in [0.25, 0.3) is 0 Å². The second-order valence-electron chi connectivity index (χ2n) is 3.91. The Morgan fingerprint density at radius 2 is 2.29 bits per heavy atom. The van der Waals surface area contributed by atoms with E-state index in [-0.39, 0.29) is 17.6 Å². The van der Waals surface area contributed by atoms with Gasteiger partial charge < -0.3 is 5.32 Å². The Kier molecular flexibility index (Phi) is 1.62. The molecule has 3 heterocycles. The molecule has 1 fully saturated rings. The minimum atomic E-state index is -1.24. The molecule has 14 heavy (non-hydrogen) atoms. The first kappa shape index (κ1) is 8.29. The summed E-state index contributed by atoms with van der Waals surface area (Å²) in [6.07, 6.45) is 1.83. The number of nitrogens with one attached hydrogen (secondary N) is 1. The largest absolute Gasteiger partial charge is 0.304 e. The van der Waals surface area contributed by atoms with Crippen LogP contribution in [0.4, 0.5) is 8.78 Å². The Balaban J connectivity index is 2.21. The summed E-state index contributed by atoms with van der Waals surface area (Å²) in [5, 5.41) is 3.15. The van der Waals surface area contributed by atoms with Crippen molar-refractivity contribution in [3.8, 4) is 0 Å². The number of hydrogen-bond acceptors (Lipinski definition) is 2. The topological polar surface area (TPSA) is 24.9 Å². The van der Waals surface area contributed by atoms with Crippen LogP contribution in [0.5, 0.6) is 0 Å². The minimum absolute atomic E-state index is 0.125. The Morgan fingerprint density at radius 1 is 1.43 bits per heavy atom. The average molecular weight is 196 g/mol. The van der Waals surface area contributed by atoms with Crippen molar-refractivity contribution in [1.82, 2.24) is 10.3 Å². The van der Waals surface area contributed by atoms with Crippen LogP contribution in [0.3, 0.4) is 0 Å². The highest BCUT2D eigenvalue weighted by molar-refractivity contribution is 5.35. The Bertz CT molecular complexity index is 380. The molecule has 0 aliphatic carbocycles. The molecule has 2 aliphatic rings. The van der Waals surface area contributed by atoms with Crippen molar-refractivity contribution in [2.24, 2.45) is 0 Å². The molecule has 0 radical (unpaired) electrons. The number of aromatic nitrogens is 1. The fourth-order valence-corrected chi connectivity index (χ4v) is 2.49. The molecule has 1 saturated heterocycles. The number of nitrogens with zero attached hydrogens (tertiary/aromatic N) is 1. The quantitative estimate of drug-likeness (QED) is 0.642. The van der Waals surface area contributed by atoms with Crippen LogP contribution in [-0.2, 0) is 0 Å². The molecule has 1 aromatic rings. The zero-order valence-electron chi connectivity index (χ0n) is 7.50. The number of alkyl halides is 1. The number of rotatable bonds is 0. The maximum absolute atomic E-state index is 13.8. The van der Waals surface area contributed by atoms with E-state index in [1.807, 2.05) is 0 Å². The summed E-state index contributed by atoms with van der Waals surface area (Å²) >= 11 is 0. The lowest BCUT2D eigenvalue weighted by Crippen LogP contribution is -2.34. The Labute approximate surface area is 80.3 Å². The van der Waals surface area contributed by atoms with Crippen molar-refractivity contribution in [3.63, 3.8) is 0 Å². The molecule has 2 unspecified atom stereocenters. The van der Waals surface area contributed by atoms with Gasteiger partial charge in [-0.25, -0.2) is 9.37 Å². The third kappa shape index (κ3) is 0.945. The van der Waals surface area contributed by atoms with Gasteiger partial charge in [0, 0.05) is 23.8 Å². The first-order valence-electron chi connectivity index (χ1n) is 4.82. The van der Waals surface area contributed by atoms with Crippen molar-refractivity contribution in [1.29, 1.82) is 0 Å². The third-order valence-electron chi connectivity index (χ3n) is 3.16. The van der Waals surface area contributed by atoms with Crippen molar-refractivity contribution >= 4 is 0 Å². The summed E-state index contributed by atoms with van der Waals surface area (Å²) in [6.45, 7) is 0. The van der Waals surface area contributed by atoms with E-state index < -0.39 is 12.1 Å². The van der Waals surface area contributed by atoms with Crippen LogP contribution >= 0.6 is 0 Å². The number of hydrogen-bond donors (Lipinski definition) is 1. The zero-order chi connectivity index (χ0) is 9.71. The number of pyridine rings is 1. The van der Waals surface area contributed by atoms with E-state index in [4.69, 9.17) is 0 Å². The first-order valence-corrected chi connectivity index (χ1v) is 4.82. The number of halogens is 2. The third-order valence-corrected chi connectivity index (χ3v) is 3.16. The smallest absolute Gasteiger partial charge is 0.219 e. The predicted molar refractivity (Wildman–Crippen MR) is 46.9 cm³/mol. The van der Waals surface area contributed by atoms with E-state index in [9.17, 15) is 8.78 Å². The maximum atomic E-state index is 13.8. The molecule has 3 atom stereocenters. The molecule has 4 heteroatoms. The van der Waals surface area contributed by atoms with Crippen LogP contribution < -0.4 is 5.32 Å². The lowest BCUT2D eigenvalue weighted by atomic mass is 9.95. The van der Waals surface area contributed by atoms with Gasteiger partial charge >= 0.3 is 0 Å². The molecule has 1 N–H and O–H groups in total. The van der Waals surface area contributed by atoms with Crippen molar-refractivity contribution in [2.75, 3.05) is 0 Å². The highest BCUT2D eigenvalue weighted by atomic mass is 19.1. The van der Waals surface area contributed by atoms with Gasteiger partial charge in [-0.2, -0.15) is 4.39 Å². The van der Waals surface area contributed by atoms with E-state index in [1.54, 1.807) is 6.07 Å². The fraction of sp³-hybridized carbons (Fsp3) is 0.500. The standard InChI is InChI=1S/C10H10F2N2/c11-9-7-2-1-6(14-7)5-3-4-13-10(12)8(5)9/h3-4,6-7,9,14H,1-2H2/t6?,7?,9-/m1/s1. The van der Waals surface area contributed by atoms with Gasteiger partial charge in [-0.15, -0.1) is 0 Å². The van der Waals surface area contributed by atoms with Gasteiger partial charge in [-0.1, -0.05) is 0 Å². The summed E-state index contributed by atoms with van der Waals surface area (Å²) in [4.78, 5) is 3.51. The van der Waals surface area contributed by atoms with E-state index in [2.05, 4.69) is 10.3 Å². The van der Waals surface area contributed by atoms with Crippen LogP contribution in [0.2, 0.25) is 0 Å². The molecule has 74 valence electrons. The van der Waals surface area contributed by atoms with Crippen molar-refractivity contribution in [3.05, 3.63) is 29.3 Å². The average Bonchev–Trinajstić information content (AvgIpc) is 2.60. The second-order valence-corrected chi connectivity index (χ2v) is 3.91. The van der Waals surface area contributed by atoms with E-state index in [1.165, 1.54) is 6.20 Å². The van der Waals surface area contributed by atoms with Crippen LogP contribution in [0, 0.1) is 5.95 Å². The summed E-state index contributed by atoms with van der Waals surface area (Å²) in [6, 6.07) is 1.62. The summed E-state index contributed by atoms with van der Waals surface area (Å²) in [5.74, 6) is -0.645. The molecule has 1 aromatic heterocycles. The Hall–Kier alpha value is -1.03. The summed E-state index contributed by atoms with van der Waals surface area (Å²) < 4.78 is 27.1. The molecule has 2 nitrogen and oxygen atoms in total. The van der Waals surface area contributed by atoms with E-state index in [0.29, 0.717) is 0 Å². The molecular weight excluding hydrogens is 186 g/mol. The van der Waals surface area contributed by atoms with Gasteiger partial charge in [0.05, 0.1) is 0 Å². The second kappa shape index (κ2) is 2.73. The predicted octanol–water partition coefficient (Wildman–Crippen LogP) is 2.04. The van der Waals surface area contributed by atoms with E-state index in [0.717, 1.165) is 18.4 Å². The molecule has 0 amide bonds. The summed E-state index contributed by atoms with van der Waals surface area (Å²) in [7, 11) is 0. The minimum Gasteiger partial charge on any atom is -0.304 e. The van der Waals surface area contributed by atoms with Gasteiger partial charge in [0.2, 0.25) is 5.95 Å². The van der Waals surface area contributed by atoms with Crippen molar-refractivity contribution < 1.29 is 8.78 Å². The number of fused-ring (bicyclic) bond motifs is 4. The molecule has 0 spiro atoms. The lowest BCUT2D eigenvalue weighted by molar-refractivity contribution is 0.241. The lowest BCUT2D eigenvalue weighted by Gasteiger charge is -2.27. The Morgan fingerprint density at radius 3 is 3.14 bits per heavy atom. The molecule has 2 aliphatic heterocycles. The molecule has 0 saturated carbocycles. The van der Waals surface area contributed by atoms with Crippen LogP contribution in [0.1, 0.15) is 36.2 Å². The van der Waals surface area contributed by atoms with E-state index >= 15 is 0 Å². The maximum Gasteiger partial charge on any atom is 0.219 e. The normalized spacial score (nSPS) is 34.3. The highest BCUT2D eigenvalue weighted by Gasteiger charge is 2.41. The van der Waals surface area contributed by atoms with Gasteiger partial charge in [0.15, 0.2) is 0 Å². The van der Waals surface area contributed by atoms with Crippen molar-refractivity contribution in [2.45, 2.75) is 31.1 Å². The monoisotopic (exact) mass is 196 g/mol. The van der Waals surface area contributed by atoms with Gasteiger partial charge in [0.25, 0.3) is 0 Å². The van der Waals surface area contributed by atoms with Gasteiger partial charge in [-0.05, 0) is 24.5 Å². The zero-order valence-corrected chi connectivity index (χ0v) is 7.50. The van der Waals surface area contributed by atoms with Crippen LogP contribution in [-0.4, -0.2) is 11.0 Å². The van der Waals surface area contributed by atoms with Gasteiger partial charge in [-0.3, -0.25) is 0 Å². The summed E-state index contributed by atoms with van der Waals surface area (Å²) in [5.41, 5.74) is 0.928. The highest BCUT2D eigenvalue weighted by Crippen LogP contribution is 2.43. The molecule has 2 bridgehead atoms.